The van der Waals surface area contributed by atoms with Crippen LogP contribution in [0.2, 0.25) is 0 Å². The minimum atomic E-state index is -0.583. The first-order valence-electron chi connectivity index (χ1n) is 10.2. The summed E-state index contributed by atoms with van der Waals surface area (Å²) in [6.45, 7) is 0.455. The summed E-state index contributed by atoms with van der Waals surface area (Å²) >= 11 is 0. The minimum Gasteiger partial charge on any atom is -0.489 e. The van der Waals surface area contributed by atoms with Gasteiger partial charge in [-0.15, -0.1) is 4.68 Å². The molecular formula is C26H19N3O3. The highest BCUT2D eigenvalue weighted by Gasteiger charge is 2.06. The van der Waals surface area contributed by atoms with Gasteiger partial charge in [0.15, 0.2) is 0 Å². The molecule has 0 amide bonds. The fourth-order valence-corrected chi connectivity index (χ4v) is 3.61. The van der Waals surface area contributed by atoms with Crippen molar-refractivity contribution in [3.8, 4) is 5.75 Å². The van der Waals surface area contributed by atoms with Gasteiger partial charge in [-0.2, -0.15) is 5.10 Å². The second-order valence-corrected chi connectivity index (χ2v) is 7.33. The number of nitrogens with one attached hydrogen (secondary N) is 1. The Morgan fingerprint density at radius 2 is 1.53 bits per heavy atom. The van der Waals surface area contributed by atoms with Crippen LogP contribution < -0.4 is 16.0 Å². The maximum Gasteiger partial charge on any atom is 0.349 e. The summed E-state index contributed by atoms with van der Waals surface area (Å²) in [5.74, 6) is 0.718. The smallest absolute Gasteiger partial charge is 0.349 e. The van der Waals surface area contributed by atoms with Crippen LogP contribution in [-0.4, -0.2) is 15.9 Å². The highest BCUT2D eigenvalue weighted by Crippen LogP contribution is 2.21. The Kier molecular flexibility index (Phi) is 5.09. The van der Waals surface area contributed by atoms with E-state index in [4.69, 9.17) is 4.74 Å². The quantitative estimate of drug-likeness (QED) is 0.430. The van der Waals surface area contributed by atoms with Gasteiger partial charge in [-0.25, -0.2) is 4.79 Å². The maximum atomic E-state index is 12.5. The monoisotopic (exact) mass is 421 g/mol. The number of H-pyrrole nitrogens is 1. The van der Waals surface area contributed by atoms with Crippen LogP contribution in [0.5, 0.6) is 5.75 Å². The Balaban J connectivity index is 1.33. The Labute approximate surface area is 183 Å². The molecule has 1 heterocycles. The molecule has 0 saturated carbocycles. The van der Waals surface area contributed by atoms with E-state index in [9.17, 15) is 9.59 Å². The molecule has 1 aromatic heterocycles. The molecule has 0 radical (unpaired) electrons. The molecule has 5 aromatic rings. The van der Waals surface area contributed by atoms with E-state index in [1.54, 1.807) is 24.3 Å². The van der Waals surface area contributed by atoms with Crippen LogP contribution in [0.25, 0.3) is 21.7 Å². The molecule has 5 rings (SSSR count). The minimum absolute atomic E-state index is 0.404. The Hall–Kier alpha value is -4.45. The number of aromatic amines is 1. The molecule has 156 valence electrons. The molecule has 0 fully saturated rings. The zero-order valence-electron chi connectivity index (χ0n) is 17.1. The number of hydrogen-bond acceptors (Lipinski definition) is 4. The first-order valence-corrected chi connectivity index (χ1v) is 10.2. The molecule has 4 aromatic carbocycles. The van der Waals surface area contributed by atoms with Crippen molar-refractivity contribution in [3.05, 3.63) is 123 Å². The van der Waals surface area contributed by atoms with Crippen LogP contribution in [0.1, 0.15) is 11.1 Å². The lowest BCUT2D eigenvalue weighted by molar-refractivity contribution is 0.307. The van der Waals surface area contributed by atoms with Crippen molar-refractivity contribution >= 4 is 27.9 Å². The number of rotatable bonds is 5. The van der Waals surface area contributed by atoms with E-state index in [1.165, 1.54) is 17.0 Å². The van der Waals surface area contributed by atoms with Crippen molar-refractivity contribution in [1.82, 2.24) is 9.66 Å². The van der Waals surface area contributed by atoms with Gasteiger partial charge >= 0.3 is 5.69 Å². The number of ether oxygens (including phenoxy) is 1. The van der Waals surface area contributed by atoms with Crippen LogP contribution >= 0.6 is 0 Å². The van der Waals surface area contributed by atoms with Gasteiger partial charge in [-0.05, 0) is 58.3 Å². The van der Waals surface area contributed by atoms with Crippen molar-refractivity contribution in [2.45, 2.75) is 6.61 Å². The number of fused-ring (bicyclic) bond motifs is 2. The Bertz CT molecular complexity index is 1560. The lowest BCUT2D eigenvalue weighted by Gasteiger charge is -2.09. The largest absolute Gasteiger partial charge is 0.489 e. The summed E-state index contributed by atoms with van der Waals surface area (Å²) in [5, 5.41) is 6.83. The van der Waals surface area contributed by atoms with E-state index in [2.05, 4.69) is 34.4 Å². The molecule has 0 saturated heterocycles. The normalized spacial score (nSPS) is 11.4. The van der Waals surface area contributed by atoms with Crippen molar-refractivity contribution in [1.29, 1.82) is 0 Å². The number of benzene rings is 4. The lowest BCUT2D eigenvalue weighted by atomic mass is 10.1. The number of para-hydroxylation sites is 1. The van der Waals surface area contributed by atoms with Gasteiger partial charge < -0.3 is 9.72 Å². The van der Waals surface area contributed by atoms with E-state index in [0.717, 1.165) is 21.6 Å². The first-order chi connectivity index (χ1) is 15.7. The first kappa shape index (κ1) is 19.5. The van der Waals surface area contributed by atoms with Crippen molar-refractivity contribution in [3.63, 3.8) is 0 Å². The van der Waals surface area contributed by atoms with Gasteiger partial charge in [0, 0.05) is 0 Å². The zero-order chi connectivity index (χ0) is 21.9. The summed E-state index contributed by atoms with van der Waals surface area (Å²) in [7, 11) is 0. The van der Waals surface area contributed by atoms with E-state index in [1.807, 2.05) is 42.5 Å². The van der Waals surface area contributed by atoms with Gasteiger partial charge in [0.2, 0.25) is 0 Å². The number of nitrogens with zero attached hydrogens (tertiary/aromatic N) is 2. The predicted octanol–water partition coefficient (Wildman–Crippen LogP) is 4.30. The van der Waals surface area contributed by atoms with Crippen molar-refractivity contribution < 1.29 is 4.74 Å². The molecule has 6 nitrogen and oxygen atoms in total. The molecule has 32 heavy (non-hydrogen) atoms. The van der Waals surface area contributed by atoms with E-state index >= 15 is 0 Å². The van der Waals surface area contributed by atoms with Gasteiger partial charge in [0.1, 0.15) is 12.4 Å². The molecule has 1 N–H and O–H groups in total. The van der Waals surface area contributed by atoms with E-state index < -0.39 is 11.2 Å². The molecule has 6 heteroatoms. The summed E-state index contributed by atoms with van der Waals surface area (Å²) in [6, 6.07) is 28.5. The van der Waals surface area contributed by atoms with Gasteiger partial charge in [-0.1, -0.05) is 54.6 Å². The molecule has 0 spiro atoms. The highest BCUT2D eigenvalue weighted by atomic mass is 16.5. The third kappa shape index (κ3) is 3.81. The molecule has 0 atom stereocenters. The van der Waals surface area contributed by atoms with Crippen LogP contribution in [0, 0.1) is 0 Å². The third-order valence-corrected chi connectivity index (χ3v) is 5.26. The molecule has 0 bridgehead atoms. The number of hydrogen-bond donors (Lipinski definition) is 1. The summed E-state index contributed by atoms with van der Waals surface area (Å²) in [4.78, 5) is 27.4. The number of aromatic nitrogens is 2. The average Bonchev–Trinajstić information content (AvgIpc) is 2.83. The second kappa shape index (κ2) is 8.35. The van der Waals surface area contributed by atoms with Crippen LogP contribution in [0.15, 0.2) is 106 Å². The van der Waals surface area contributed by atoms with Gasteiger partial charge in [0.05, 0.1) is 17.1 Å². The van der Waals surface area contributed by atoms with Crippen LogP contribution in [-0.2, 0) is 6.61 Å². The zero-order valence-corrected chi connectivity index (χ0v) is 17.1. The predicted molar refractivity (Wildman–Crippen MR) is 127 cm³/mol. The molecule has 0 aliphatic rings. The van der Waals surface area contributed by atoms with Crippen molar-refractivity contribution in [2.24, 2.45) is 5.10 Å². The van der Waals surface area contributed by atoms with Crippen molar-refractivity contribution in [2.75, 3.05) is 0 Å². The standard InChI is InChI=1S/C26H19N3O3/c30-25-23-10-3-4-11-24(23)28-26(31)29(25)27-16-18-12-14-21(15-13-18)32-17-20-8-5-7-19-6-1-2-9-22(19)20/h1-16H,17H2,(H,28,31). The fourth-order valence-electron chi connectivity index (χ4n) is 3.61. The van der Waals surface area contributed by atoms with Gasteiger partial charge in [-0.3, -0.25) is 4.79 Å². The second-order valence-electron chi connectivity index (χ2n) is 7.33. The van der Waals surface area contributed by atoms with Gasteiger partial charge in [0.25, 0.3) is 5.56 Å². The summed E-state index contributed by atoms with van der Waals surface area (Å²) < 4.78 is 6.78. The maximum absolute atomic E-state index is 12.5. The lowest BCUT2D eigenvalue weighted by Crippen LogP contribution is -2.32. The third-order valence-electron chi connectivity index (χ3n) is 5.26. The average molecular weight is 421 g/mol. The SMILES string of the molecule is O=c1[nH]c2ccccc2c(=O)n1N=Cc1ccc(OCc2cccc3ccccc23)cc1. The molecule has 0 aliphatic carbocycles. The summed E-state index contributed by atoms with van der Waals surface area (Å²) in [6.07, 6.45) is 1.47. The van der Waals surface area contributed by atoms with Crippen LogP contribution in [0.4, 0.5) is 0 Å². The fraction of sp³-hybridized carbons (Fsp3) is 0.0385. The van der Waals surface area contributed by atoms with E-state index in [0.29, 0.717) is 17.5 Å². The Morgan fingerprint density at radius 3 is 2.38 bits per heavy atom. The van der Waals surface area contributed by atoms with E-state index in [-0.39, 0.29) is 0 Å². The molecule has 0 unspecified atom stereocenters. The highest BCUT2D eigenvalue weighted by molar-refractivity contribution is 5.85. The summed E-state index contributed by atoms with van der Waals surface area (Å²) in [5.41, 5.74) is 1.29. The molecular weight excluding hydrogens is 402 g/mol. The topological polar surface area (TPSA) is 76.5 Å². The van der Waals surface area contributed by atoms with Crippen LogP contribution in [0.3, 0.4) is 0 Å². The molecule has 0 aliphatic heterocycles. The Morgan fingerprint density at radius 1 is 0.812 bits per heavy atom.